The molecule has 0 aliphatic carbocycles. The first kappa shape index (κ1) is 17.3. The van der Waals surface area contributed by atoms with Crippen LogP contribution in [0.25, 0.3) is 0 Å². The molecule has 25 heavy (non-hydrogen) atoms. The molecule has 130 valence electrons. The zero-order valence-electron chi connectivity index (χ0n) is 13.4. The van der Waals surface area contributed by atoms with E-state index < -0.39 is 35.7 Å². The number of anilines is 1. The van der Waals surface area contributed by atoms with Crippen LogP contribution in [0.1, 0.15) is 13.8 Å². The number of carbonyl (C=O) groups is 4. The van der Waals surface area contributed by atoms with Crippen molar-refractivity contribution in [2.45, 2.75) is 19.9 Å². The van der Waals surface area contributed by atoms with E-state index in [1.807, 2.05) is 0 Å². The molecule has 0 unspecified atom stereocenters. The van der Waals surface area contributed by atoms with E-state index in [1.54, 1.807) is 31.2 Å². The SMILES string of the molecule is CCOC(=O)C1=NN(C(C)=O)[C@@H]2C(=O)N(c3cccc(Br)c3)C(=O)[C@@H]12. The lowest BCUT2D eigenvalue weighted by Crippen LogP contribution is -2.41. The molecule has 2 aliphatic heterocycles. The monoisotopic (exact) mass is 407 g/mol. The number of esters is 1. The molecule has 0 radical (unpaired) electrons. The number of fused-ring (bicyclic) bond motifs is 1. The number of hydrogen-bond donors (Lipinski definition) is 0. The van der Waals surface area contributed by atoms with Gasteiger partial charge in [0.1, 0.15) is 5.92 Å². The summed E-state index contributed by atoms with van der Waals surface area (Å²) < 4.78 is 5.59. The molecule has 2 aliphatic rings. The largest absolute Gasteiger partial charge is 0.461 e. The third-order valence-corrected chi connectivity index (χ3v) is 4.42. The van der Waals surface area contributed by atoms with E-state index in [0.717, 1.165) is 9.91 Å². The van der Waals surface area contributed by atoms with Crippen LogP contribution in [0, 0.1) is 5.92 Å². The molecule has 0 N–H and O–H groups in total. The summed E-state index contributed by atoms with van der Waals surface area (Å²) in [5, 5.41) is 4.77. The van der Waals surface area contributed by atoms with Crippen LogP contribution in [-0.4, -0.2) is 47.1 Å². The number of hydrogen-bond acceptors (Lipinski definition) is 6. The standard InChI is InChI=1S/C16H14BrN3O5/c1-3-25-16(24)12-11-13(20(18-12)8(2)21)15(23)19(14(11)22)10-6-4-5-9(17)7-10/h4-7,11,13H,3H2,1-2H3/t11-,13-/m0/s1. The molecule has 9 heteroatoms. The normalized spacial score (nSPS) is 22.1. The Morgan fingerprint density at radius 2 is 2.00 bits per heavy atom. The van der Waals surface area contributed by atoms with Crippen molar-refractivity contribution in [2.24, 2.45) is 11.0 Å². The zero-order chi connectivity index (χ0) is 18.3. The molecule has 1 fully saturated rings. The fraction of sp³-hybridized carbons (Fsp3) is 0.312. The second-order valence-electron chi connectivity index (χ2n) is 5.48. The van der Waals surface area contributed by atoms with Gasteiger partial charge in [0.25, 0.3) is 5.91 Å². The second-order valence-corrected chi connectivity index (χ2v) is 6.40. The minimum Gasteiger partial charge on any atom is -0.461 e. The topological polar surface area (TPSA) is 96.3 Å². The summed E-state index contributed by atoms with van der Waals surface area (Å²) in [4.78, 5) is 50.6. The number of imide groups is 1. The molecule has 0 aromatic heterocycles. The lowest BCUT2D eigenvalue weighted by atomic mass is 9.98. The molecule has 3 rings (SSSR count). The lowest BCUT2D eigenvalue weighted by Gasteiger charge is -2.19. The molecular weight excluding hydrogens is 394 g/mol. The summed E-state index contributed by atoms with van der Waals surface area (Å²) in [6.07, 6.45) is 0. The fourth-order valence-corrected chi connectivity index (χ4v) is 3.31. The Hall–Kier alpha value is -2.55. The van der Waals surface area contributed by atoms with Crippen LogP contribution >= 0.6 is 15.9 Å². The Bertz CT molecular complexity index is 822. The van der Waals surface area contributed by atoms with Crippen molar-refractivity contribution in [3.8, 4) is 0 Å². The van der Waals surface area contributed by atoms with Crippen molar-refractivity contribution < 1.29 is 23.9 Å². The Labute approximate surface area is 151 Å². The van der Waals surface area contributed by atoms with Crippen LogP contribution in [0.2, 0.25) is 0 Å². The first-order valence-corrected chi connectivity index (χ1v) is 8.35. The van der Waals surface area contributed by atoms with Gasteiger partial charge in [0, 0.05) is 11.4 Å². The number of halogens is 1. The number of rotatable bonds is 3. The summed E-state index contributed by atoms with van der Waals surface area (Å²) in [5.41, 5.74) is 0.128. The molecule has 3 amide bonds. The zero-order valence-corrected chi connectivity index (χ0v) is 15.0. The van der Waals surface area contributed by atoms with Crippen molar-refractivity contribution in [3.63, 3.8) is 0 Å². The van der Waals surface area contributed by atoms with E-state index in [0.29, 0.717) is 10.2 Å². The maximum absolute atomic E-state index is 12.9. The van der Waals surface area contributed by atoms with Crippen LogP contribution in [-0.2, 0) is 23.9 Å². The van der Waals surface area contributed by atoms with Gasteiger partial charge < -0.3 is 4.74 Å². The predicted molar refractivity (Wildman–Crippen MR) is 90.5 cm³/mol. The van der Waals surface area contributed by atoms with Gasteiger partial charge in [-0.3, -0.25) is 14.4 Å². The maximum Gasteiger partial charge on any atom is 0.355 e. The molecule has 1 saturated heterocycles. The molecular formula is C16H14BrN3O5. The second kappa shape index (κ2) is 6.40. The van der Waals surface area contributed by atoms with Crippen molar-refractivity contribution >= 4 is 51.0 Å². The first-order valence-electron chi connectivity index (χ1n) is 7.55. The fourth-order valence-electron chi connectivity index (χ4n) is 2.92. The van der Waals surface area contributed by atoms with Crippen molar-refractivity contribution in [3.05, 3.63) is 28.7 Å². The van der Waals surface area contributed by atoms with Gasteiger partial charge in [-0.15, -0.1) is 0 Å². The van der Waals surface area contributed by atoms with Gasteiger partial charge in [-0.1, -0.05) is 22.0 Å². The summed E-state index contributed by atoms with van der Waals surface area (Å²) in [7, 11) is 0. The van der Waals surface area contributed by atoms with Gasteiger partial charge >= 0.3 is 5.97 Å². The highest BCUT2D eigenvalue weighted by molar-refractivity contribution is 9.10. The van der Waals surface area contributed by atoms with Gasteiger partial charge in [0.15, 0.2) is 11.8 Å². The van der Waals surface area contributed by atoms with Gasteiger partial charge in [-0.25, -0.2) is 14.7 Å². The Balaban J connectivity index is 2.04. The van der Waals surface area contributed by atoms with Gasteiger partial charge in [0.05, 0.1) is 12.3 Å². The predicted octanol–water partition coefficient (Wildman–Crippen LogP) is 1.09. The number of nitrogens with zero attached hydrogens (tertiary/aromatic N) is 3. The number of hydrazone groups is 1. The number of carbonyl (C=O) groups excluding carboxylic acids is 4. The molecule has 0 bridgehead atoms. The Morgan fingerprint density at radius 3 is 2.60 bits per heavy atom. The molecule has 8 nitrogen and oxygen atoms in total. The minimum absolute atomic E-state index is 0.0901. The van der Waals surface area contributed by atoms with Crippen molar-refractivity contribution in [2.75, 3.05) is 11.5 Å². The molecule has 1 aromatic rings. The van der Waals surface area contributed by atoms with Gasteiger partial charge in [-0.2, -0.15) is 5.10 Å². The van der Waals surface area contributed by atoms with E-state index in [1.165, 1.54) is 6.92 Å². The molecule has 2 heterocycles. The molecule has 0 spiro atoms. The number of benzene rings is 1. The van der Waals surface area contributed by atoms with Crippen LogP contribution in [0.15, 0.2) is 33.8 Å². The number of ether oxygens (including phenoxy) is 1. The van der Waals surface area contributed by atoms with E-state index in [9.17, 15) is 19.2 Å². The van der Waals surface area contributed by atoms with E-state index in [2.05, 4.69) is 21.0 Å². The third-order valence-electron chi connectivity index (χ3n) is 3.92. The number of amides is 3. The maximum atomic E-state index is 12.9. The third kappa shape index (κ3) is 2.74. The molecule has 0 saturated carbocycles. The average molecular weight is 408 g/mol. The van der Waals surface area contributed by atoms with Gasteiger partial charge in [-0.05, 0) is 25.1 Å². The average Bonchev–Trinajstić information content (AvgIpc) is 3.06. The van der Waals surface area contributed by atoms with Crippen LogP contribution in [0.3, 0.4) is 0 Å². The summed E-state index contributed by atoms with van der Waals surface area (Å²) in [5.74, 6) is -3.71. The van der Waals surface area contributed by atoms with Crippen LogP contribution in [0.5, 0.6) is 0 Å². The highest BCUT2D eigenvalue weighted by Gasteiger charge is 2.59. The quantitative estimate of drug-likeness (QED) is 0.551. The van der Waals surface area contributed by atoms with Crippen LogP contribution in [0.4, 0.5) is 5.69 Å². The lowest BCUT2D eigenvalue weighted by molar-refractivity contribution is -0.136. The summed E-state index contributed by atoms with van der Waals surface area (Å²) >= 11 is 3.29. The van der Waals surface area contributed by atoms with Gasteiger partial charge in [0.2, 0.25) is 11.8 Å². The minimum atomic E-state index is -1.16. The van der Waals surface area contributed by atoms with E-state index >= 15 is 0 Å². The van der Waals surface area contributed by atoms with E-state index in [-0.39, 0.29) is 12.3 Å². The molecule has 1 aromatic carbocycles. The first-order chi connectivity index (χ1) is 11.9. The Morgan fingerprint density at radius 1 is 1.28 bits per heavy atom. The van der Waals surface area contributed by atoms with Crippen molar-refractivity contribution in [1.82, 2.24) is 5.01 Å². The summed E-state index contributed by atoms with van der Waals surface area (Å²) in [6, 6.07) is 5.47. The smallest absolute Gasteiger partial charge is 0.355 e. The van der Waals surface area contributed by atoms with E-state index in [4.69, 9.17) is 4.74 Å². The highest BCUT2D eigenvalue weighted by Crippen LogP contribution is 2.36. The highest BCUT2D eigenvalue weighted by atomic mass is 79.9. The summed E-state index contributed by atoms with van der Waals surface area (Å²) in [6.45, 7) is 2.92. The molecule has 2 atom stereocenters. The Kier molecular flexibility index (Phi) is 4.42. The van der Waals surface area contributed by atoms with Crippen molar-refractivity contribution in [1.29, 1.82) is 0 Å². The van der Waals surface area contributed by atoms with Crippen LogP contribution < -0.4 is 4.90 Å².